The van der Waals surface area contributed by atoms with Crippen molar-refractivity contribution < 1.29 is 28.3 Å². The third-order valence-electron chi connectivity index (χ3n) is 10.3. The molecule has 4 aromatic carbocycles. The molecule has 10 nitrogen and oxygen atoms in total. The predicted octanol–water partition coefficient (Wildman–Crippen LogP) is 7.03. The lowest BCUT2D eigenvalue weighted by Gasteiger charge is -2.31. The highest BCUT2D eigenvalue weighted by Gasteiger charge is 2.66. The van der Waals surface area contributed by atoms with E-state index in [9.17, 15) is 14.7 Å². The molecule has 5 aromatic rings. The standard InChI is InChI=1S/C40H42FN5O5Si/c1-26-37(52(3,4)41)35(21-22-45-25-33(43-44-45)36(47)28-12-6-5-7-13-28)51-40(26)32-15-8-9-16-34(32)46(39(40)49)24-27-11-10-14-30(23-27)42-38(48)29-17-19-31(50-2)20-18-29/h5-20,23,25-26,35-37,47H,21-22,24H2,1-4H3,(H,42,48)/t26-,35+,36+,37-,40+/m0/s1. The van der Waals surface area contributed by atoms with Gasteiger partial charge >= 0.3 is 0 Å². The second-order valence-corrected chi connectivity index (χ2v) is 17.9. The van der Waals surface area contributed by atoms with Crippen LogP contribution in [0.5, 0.6) is 5.75 Å². The summed E-state index contributed by atoms with van der Waals surface area (Å²) in [5, 5.41) is 22.2. The number of para-hydroxylation sites is 1. The largest absolute Gasteiger partial charge is 0.497 e. The number of aliphatic hydroxyl groups is 1. The van der Waals surface area contributed by atoms with Gasteiger partial charge in [-0.25, -0.2) is 0 Å². The van der Waals surface area contributed by atoms with Gasteiger partial charge in [0, 0.05) is 34.8 Å². The van der Waals surface area contributed by atoms with E-state index in [1.807, 2.05) is 79.7 Å². The number of methoxy groups -OCH3 is 1. The SMILES string of the molecule is COc1ccc(C(=O)Nc2cccc(CN3C(=O)[C@]4(O[C@H](CCn5cc([C@H](O)c6ccccc6)nn5)[C@@H]([Si](C)(C)F)[C@@H]4C)c4ccccc43)c2)cc1. The molecule has 0 saturated carbocycles. The van der Waals surface area contributed by atoms with Gasteiger partial charge < -0.3 is 28.9 Å². The van der Waals surface area contributed by atoms with Gasteiger partial charge in [-0.1, -0.05) is 72.8 Å². The van der Waals surface area contributed by atoms with Crippen molar-refractivity contribution in [2.24, 2.45) is 5.92 Å². The number of carbonyl (C=O) groups excluding carboxylic acids is 2. The van der Waals surface area contributed by atoms with Crippen LogP contribution in [0.2, 0.25) is 18.6 Å². The van der Waals surface area contributed by atoms with Gasteiger partial charge in [0.05, 0.1) is 31.6 Å². The van der Waals surface area contributed by atoms with Crippen molar-refractivity contribution in [2.45, 2.75) is 62.9 Å². The molecule has 2 amide bonds. The fourth-order valence-corrected chi connectivity index (χ4v) is 10.5. The number of amides is 2. The van der Waals surface area contributed by atoms with Crippen LogP contribution >= 0.6 is 0 Å². The lowest BCUT2D eigenvalue weighted by Crippen LogP contribution is -2.45. The van der Waals surface area contributed by atoms with Gasteiger partial charge in [0.2, 0.25) is 8.41 Å². The fourth-order valence-electron chi connectivity index (χ4n) is 7.92. The Balaban J connectivity index is 1.11. The van der Waals surface area contributed by atoms with Crippen LogP contribution in [-0.2, 0) is 28.2 Å². The number of nitrogens with one attached hydrogen (secondary N) is 1. The van der Waals surface area contributed by atoms with Crippen LogP contribution in [0, 0.1) is 5.92 Å². The molecule has 3 heterocycles. The summed E-state index contributed by atoms with van der Waals surface area (Å²) in [5.74, 6) is -0.275. The number of aromatic nitrogens is 3. The lowest BCUT2D eigenvalue weighted by atomic mass is 9.82. The number of hydrogen-bond donors (Lipinski definition) is 2. The molecule has 1 spiro atoms. The van der Waals surface area contributed by atoms with E-state index < -0.39 is 37.7 Å². The summed E-state index contributed by atoms with van der Waals surface area (Å²) in [6, 6.07) is 31.1. The zero-order valence-corrected chi connectivity index (χ0v) is 30.6. The summed E-state index contributed by atoms with van der Waals surface area (Å²) in [5.41, 5.74) is 2.64. The normalized spacial score (nSPS) is 21.7. The number of aryl methyl sites for hydroxylation is 1. The summed E-state index contributed by atoms with van der Waals surface area (Å²) in [6.07, 6.45) is 0.633. The molecule has 0 unspecified atom stereocenters. The monoisotopic (exact) mass is 719 g/mol. The van der Waals surface area contributed by atoms with Gasteiger partial charge in [-0.05, 0) is 73.1 Å². The molecule has 5 atom stereocenters. The first-order valence-corrected chi connectivity index (χ1v) is 20.4. The van der Waals surface area contributed by atoms with E-state index in [2.05, 4.69) is 15.6 Å². The number of aliphatic hydroxyl groups excluding tert-OH is 1. The number of nitrogens with zero attached hydrogens (tertiary/aromatic N) is 4. The third-order valence-corrected chi connectivity index (χ3v) is 12.8. The lowest BCUT2D eigenvalue weighted by molar-refractivity contribution is -0.146. The predicted molar refractivity (Wildman–Crippen MR) is 198 cm³/mol. The summed E-state index contributed by atoms with van der Waals surface area (Å²) in [7, 11) is -1.80. The Morgan fingerprint density at radius 2 is 1.77 bits per heavy atom. The van der Waals surface area contributed by atoms with Gasteiger partial charge in [0.15, 0.2) is 5.60 Å². The molecule has 2 N–H and O–H groups in total. The molecule has 12 heteroatoms. The Morgan fingerprint density at radius 1 is 1.04 bits per heavy atom. The number of carbonyl (C=O) groups is 2. The Bertz CT molecular complexity index is 2070. The minimum absolute atomic E-state index is 0.228. The molecule has 0 radical (unpaired) electrons. The van der Waals surface area contributed by atoms with E-state index >= 15 is 4.11 Å². The molecule has 268 valence electrons. The van der Waals surface area contributed by atoms with Gasteiger partial charge in [-0.3, -0.25) is 14.3 Å². The summed E-state index contributed by atoms with van der Waals surface area (Å²) >= 11 is 0. The van der Waals surface area contributed by atoms with Gasteiger partial charge in [0.1, 0.15) is 17.5 Å². The highest BCUT2D eigenvalue weighted by molar-refractivity contribution is 6.72. The third kappa shape index (κ3) is 6.53. The average molecular weight is 720 g/mol. The Hall–Kier alpha value is -5.17. The number of halogens is 1. The number of fused-ring (bicyclic) bond motifs is 2. The van der Waals surface area contributed by atoms with Crippen molar-refractivity contribution in [3.8, 4) is 5.75 Å². The molecule has 0 aliphatic carbocycles. The quantitative estimate of drug-likeness (QED) is 0.111. The van der Waals surface area contributed by atoms with E-state index in [0.717, 1.165) is 16.8 Å². The van der Waals surface area contributed by atoms with E-state index in [1.54, 1.807) is 66.3 Å². The Morgan fingerprint density at radius 3 is 2.50 bits per heavy atom. The molecule has 52 heavy (non-hydrogen) atoms. The Labute approximate surface area is 303 Å². The molecule has 1 fully saturated rings. The minimum Gasteiger partial charge on any atom is -0.497 e. The zero-order valence-electron chi connectivity index (χ0n) is 29.6. The molecule has 0 bridgehead atoms. The molecular weight excluding hydrogens is 678 g/mol. The van der Waals surface area contributed by atoms with Crippen molar-refractivity contribution in [1.29, 1.82) is 0 Å². The first-order valence-electron chi connectivity index (χ1n) is 17.4. The molecule has 1 saturated heterocycles. The van der Waals surface area contributed by atoms with Crippen LogP contribution in [0.25, 0.3) is 0 Å². The number of anilines is 2. The molecule has 2 aliphatic heterocycles. The van der Waals surface area contributed by atoms with Crippen LogP contribution in [0.3, 0.4) is 0 Å². The maximum Gasteiger partial charge on any atom is 0.264 e. The maximum atomic E-state index is 16.3. The van der Waals surface area contributed by atoms with E-state index in [1.165, 1.54) is 0 Å². The van der Waals surface area contributed by atoms with E-state index in [0.29, 0.717) is 41.2 Å². The number of hydrogen-bond acceptors (Lipinski definition) is 7. The molecular formula is C40H42FN5O5Si. The second kappa shape index (κ2) is 14.1. The number of rotatable bonds is 11. The highest BCUT2D eigenvalue weighted by atomic mass is 28.4. The van der Waals surface area contributed by atoms with Crippen molar-refractivity contribution in [1.82, 2.24) is 15.0 Å². The van der Waals surface area contributed by atoms with Crippen molar-refractivity contribution in [3.05, 3.63) is 137 Å². The van der Waals surface area contributed by atoms with Crippen LogP contribution in [0.15, 0.2) is 109 Å². The maximum absolute atomic E-state index is 16.3. The van der Waals surface area contributed by atoms with Crippen LogP contribution < -0.4 is 15.0 Å². The fraction of sp³-hybridized carbons (Fsp3) is 0.300. The van der Waals surface area contributed by atoms with Crippen molar-refractivity contribution in [3.63, 3.8) is 0 Å². The second-order valence-electron chi connectivity index (χ2n) is 14.1. The molecule has 7 rings (SSSR count). The summed E-state index contributed by atoms with van der Waals surface area (Å²) in [6.45, 7) is 5.91. The first kappa shape index (κ1) is 35.2. The molecule has 2 aliphatic rings. The van der Waals surface area contributed by atoms with Gasteiger partial charge in [0.25, 0.3) is 11.8 Å². The summed E-state index contributed by atoms with van der Waals surface area (Å²) in [4.78, 5) is 29.5. The van der Waals surface area contributed by atoms with Gasteiger partial charge in [-0.15, -0.1) is 5.10 Å². The van der Waals surface area contributed by atoms with E-state index in [-0.39, 0.29) is 18.4 Å². The highest BCUT2D eigenvalue weighted by Crippen LogP contribution is 2.60. The van der Waals surface area contributed by atoms with Gasteiger partial charge in [-0.2, -0.15) is 0 Å². The van der Waals surface area contributed by atoms with E-state index in [4.69, 9.17) is 9.47 Å². The number of benzene rings is 4. The summed E-state index contributed by atoms with van der Waals surface area (Å²) < 4.78 is 30.1. The van der Waals surface area contributed by atoms with Crippen molar-refractivity contribution >= 4 is 31.6 Å². The van der Waals surface area contributed by atoms with Crippen LogP contribution in [0.1, 0.15) is 52.2 Å². The van der Waals surface area contributed by atoms with Crippen LogP contribution in [-0.4, -0.2) is 53.5 Å². The zero-order chi connectivity index (χ0) is 36.6. The first-order chi connectivity index (χ1) is 25.0. The average Bonchev–Trinajstić information content (AvgIpc) is 3.81. The smallest absolute Gasteiger partial charge is 0.264 e. The van der Waals surface area contributed by atoms with Crippen molar-refractivity contribution in [2.75, 3.05) is 17.3 Å². The minimum atomic E-state index is -3.37. The Kier molecular flexibility index (Phi) is 9.55. The van der Waals surface area contributed by atoms with Crippen LogP contribution in [0.4, 0.5) is 15.5 Å². The number of ether oxygens (including phenoxy) is 2. The topological polar surface area (TPSA) is 119 Å². The molecule has 1 aromatic heterocycles.